The smallest absolute Gasteiger partial charge is 0.161 e. The van der Waals surface area contributed by atoms with Gasteiger partial charge < -0.3 is 14.6 Å². The van der Waals surface area contributed by atoms with Gasteiger partial charge in [-0.2, -0.15) is 0 Å². The average molecular weight is 237 g/mol. The normalized spacial score (nSPS) is 20.4. The zero-order valence-corrected chi connectivity index (χ0v) is 10.3. The number of hydrogen-bond donors (Lipinski definition) is 1. The number of aliphatic hydroxyl groups excluding tert-OH is 1. The first-order chi connectivity index (χ1) is 8.20. The van der Waals surface area contributed by atoms with E-state index in [1.54, 1.807) is 0 Å². The fraction of sp³-hybridized carbons (Fsp3) is 0.538. The van der Waals surface area contributed by atoms with E-state index in [2.05, 4.69) is 4.90 Å². The maximum atomic E-state index is 9.08. The van der Waals surface area contributed by atoms with Crippen LogP contribution in [0.3, 0.4) is 0 Å². The second kappa shape index (κ2) is 5.38. The highest BCUT2D eigenvalue weighted by molar-refractivity contribution is 5.40. The zero-order chi connectivity index (χ0) is 12.3. The third kappa shape index (κ3) is 2.90. The molecule has 94 valence electrons. The average Bonchev–Trinajstić information content (AvgIpc) is 2.37. The van der Waals surface area contributed by atoms with Gasteiger partial charge in [-0.15, -0.1) is 0 Å². The van der Waals surface area contributed by atoms with Gasteiger partial charge in [-0.05, 0) is 26.1 Å². The monoisotopic (exact) mass is 237 g/mol. The van der Waals surface area contributed by atoms with Gasteiger partial charge in [0.15, 0.2) is 11.5 Å². The molecule has 4 heteroatoms. The summed E-state index contributed by atoms with van der Waals surface area (Å²) in [6.07, 6.45) is 0.0175. The third-order valence-corrected chi connectivity index (χ3v) is 3.08. The molecule has 0 aromatic heterocycles. The number of aliphatic hydroxyl groups is 1. The fourth-order valence-electron chi connectivity index (χ4n) is 1.79. The van der Waals surface area contributed by atoms with Crippen molar-refractivity contribution in [3.05, 3.63) is 24.3 Å². The molecule has 4 nitrogen and oxygen atoms in total. The van der Waals surface area contributed by atoms with Crippen molar-refractivity contribution in [2.75, 3.05) is 26.8 Å². The van der Waals surface area contributed by atoms with Gasteiger partial charge in [0, 0.05) is 12.6 Å². The Morgan fingerprint density at radius 1 is 1.41 bits per heavy atom. The van der Waals surface area contributed by atoms with Crippen molar-refractivity contribution in [2.24, 2.45) is 0 Å². The maximum absolute atomic E-state index is 9.08. The number of benzene rings is 1. The first-order valence-electron chi connectivity index (χ1n) is 5.90. The van der Waals surface area contributed by atoms with E-state index in [4.69, 9.17) is 14.6 Å². The lowest BCUT2D eigenvalue weighted by Crippen LogP contribution is -2.43. The summed E-state index contributed by atoms with van der Waals surface area (Å²) in [5, 5.41) is 9.08. The molecule has 2 rings (SSSR count). The lowest BCUT2D eigenvalue weighted by atomic mass is 10.2. The highest BCUT2D eigenvalue weighted by atomic mass is 16.6. The van der Waals surface area contributed by atoms with E-state index in [0.717, 1.165) is 18.0 Å². The van der Waals surface area contributed by atoms with Crippen LogP contribution in [0.4, 0.5) is 0 Å². The zero-order valence-electron chi connectivity index (χ0n) is 10.3. The number of likely N-dealkylation sites (N-methyl/N-ethyl adjacent to an activating group) is 1. The van der Waals surface area contributed by atoms with E-state index in [1.165, 1.54) is 0 Å². The number of hydrogen-bond acceptors (Lipinski definition) is 4. The minimum Gasteiger partial charge on any atom is -0.486 e. The van der Waals surface area contributed by atoms with E-state index in [9.17, 15) is 0 Å². The Morgan fingerprint density at radius 3 is 2.82 bits per heavy atom. The Bertz CT molecular complexity index is 369. The summed E-state index contributed by atoms with van der Waals surface area (Å²) in [7, 11) is 1.98. The van der Waals surface area contributed by atoms with Gasteiger partial charge in [-0.3, -0.25) is 4.90 Å². The lowest BCUT2D eigenvalue weighted by Gasteiger charge is -2.31. The molecule has 0 saturated carbocycles. The molecular weight excluding hydrogens is 218 g/mol. The molecule has 0 aliphatic carbocycles. The predicted octanol–water partition coefficient (Wildman–Crippen LogP) is 1.14. The van der Waals surface area contributed by atoms with Crippen LogP contribution in [0.5, 0.6) is 11.5 Å². The number of para-hydroxylation sites is 2. The number of ether oxygens (including phenoxy) is 2. The van der Waals surface area contributed by atoms with Crippen LogP contribution in [-0.2, 0) is 0 Å². The highest BCUT2D eigenvalue weighted by Gasteiger charge is 2.23. The molecule has 0 saturated heterocycles. The first kappa shape index (κ1) is 12.2. The first-order valence-corrected chi connectivity index (χ1v) is 5.90. The minimum atomic E-state index is 0.0175. The molecule has 0 spiro atoms. The van der Waals surface area contributed by atoms with Gasteiger partial charge in [0.05, 0.1) is 6.61 Å². The molecule has 2 unspecified atom stereocenters. The van der Waals surface area contributed by atoms with Crippen LogP contribution in [0, 0.1) is 0 Å². The Kier molecular flexibility index (Phi) is 3.86. The molecule has 2 atom stereocenters. The van der Waals surface area contributed by atoms with Gasteiger partial charge in [0.2, 0.25) is 0 Å². The van der Waals surface area contributed by atoms with E-state index < -0.39 is 0 Å². The van der Waals surface area contributed by atoms with Crippen LogP contribution >= 0.6 is 0 Å². The molecule has 1 N–H and O–H groups in total. The molecule has 0 fully saturated rings. The summed E-state index contributed by atoms with van der Waals surface area (Å²) in [6, 6.07) is 7.83. The molecule has 0 amide bonds. The van der Waals surface area contributed by atoms with E-state index in [-0.39, 0.29) is 18.8 Å². The number of rotatable bonds is 4. The van der Waals surface area contributed by atoms with Crippen LogP contribution in [0.1, 0.15) is 6.92 Å². The van der Waals surface area contributed by atoms with E-state index in [1.807, 2.05) is 38.2 Å². The maximum Gasteiger partial charge on any atom is 0.161 e. The summed E-state index contributed by atoms with van der Waals surface area (Å²) in [4.78, 5) is 2.07. The summed E-state index contributed by atoms with van der Waals surface area (Å²) < 4.78 is 11.5. The Hall–Kier alpha value is -1.26. The van der Waals surface area contributed by atoms with Gasteiger partial charge in [-0.25, -0.2) is 0 Å². The van der Waals surface area contributed by atoms with Crippen molar-refractivity contribution in [3.63, 3.8) is 0 Å². The van der Waals surface area contributed by atoms with Crippen molar-refractivity contribution < 1.29 is 14.6 Å². The van der Waals surface area contributed by atoms with Gasteiger partial charge in [-0.1, -0.05) is 12.1 Å². The highest BCUT2D eigenvalue weighted by Crippen LogP contribution is 2.30. The van der Waals surface area contributed by atoms with Gasteiger partial charge >= 0.3 is 0 Å². The van der Waals surface area contributed by atoms with Crippen molar-refractivity contribution >= 4 is 0 Å². The molecule has 1 heterocycles. The van der Waals surface area contributed by atoms with Gasteiger partial charge in [0.1, 0.15) is 12.7 Å². The topological polar surface area (TPSA) is 41.9 Å². The second-order valence-electron chi connectivity index (χ2n) is 4.47. The van der Waals surface area contributed by atoms with Crippen LogP contribution in [-0.4, -0.2) is 49.0 Å². The van der Waals surface area contributed by atoms with Crippen molar-refractivity contribution in [3.8, 4) is 11.5 Å². The molecule has 1 aromatic carbocycles. The SMILES string of the molecule is CC(CO)N(C)CC1COc2ccccc2O1. The van der Waals surface area contributed by atoms with Crippen molar-refractivity contribution in [2.45, 2.75) is 19.1 Å². The Balaban J connectivity index is 1.94. The standard InChI is InChI=1S/C13H19NO3/c1-10(8-15)14(2)7-11-9-16-12-5-3-4-6-13(12)17-11/h3-6,10-11,15H,7-9H2,1-2H3. The quantitative estimate of drug-likeness (QED) is 0.852. The third-order valence-electron chi connectivity index (χ3n) is 3.08. The van der Waals surface area contributed by atoms with Crippen LogP contribution in [0.15, 0.2) is 24.3 Å². The summed E-state index contributed by atoms with van der Waals surface area (Å²) in [5.41, 5.74) is 0. The van der Waals surface area contributed by atoms with Crippen molar-refractivity contribution in [1.29, 1.82) is 0 Å². The fourth-order valence-corrected chi connectivity index (χ4v) is 1.79. The molecule has 1 aliphatic heterocycles. The van der Waals surface area contributed by atoms with E-state index in [0.29, 0.717) is 6.61 Å². The molecule has 1 aliphatic rings. The molecule has 17 heavy (non-hydrogen) atoms. The Labute approximate surface area is 102 Å². The predicted molar refractivity (Wildman–Crippen MR) is 65.5 cm³/mol. The molecule has 1 aromatic rings. The molecule has 0 radical (unpaired) electrons. The second-order valence-corrected chi connectivity index (χ2v) is 4.47. The van der Waals surface area contributed by atoms with Gasteiger partial charge in [0.25, 0.3) is 0 Å². The molecule has 0 bridgehead atoms. The summed E-state index contributed by atoms with van der Waals surface area (Å²) in [6.45, 7) is 3.44. The molecular formula is C13H19NO3. The summed E-state index contributed by atoms with van der Waals surface area (Å²) >= 11 is 0. The van der Waals surface area contributed by atoms with Crippen LogP contribution in [0.2, 0.25) is 0 Å². The largest absolute Gasteiger partial charge is 0.486 e. The van der Waals surface area contributed by atoms with E-state index >= 15 is 0 Å². The Morgan fingerprint density at radius 2 is 2.12 bits per heavy atom. The summed E-state index contributed by atoms with van der Waals surface area (Å²) in [5.74, 6) is 1.61. The number of fused-ring (bicyclic) bond motifs is 1. The lowest BCUT2D eigenvalue weighted by molar-refractivity contribution is 0.0473. The van der Waals surface area contributed by atoms with Crippen LogP contribution < -0.4 is 9.47 Å². The minimum absolute atomic E-state index is 0.0175. The number of nitrogens with zero attached hydrogens (tertiary/aromatic N) is 1. The van der Waals surface area contributed by atoms with Crippen LogP contribution in [0.25, 0.3) is 0 Å². The van der Waals surface area contributed by atoms with Crippen molar-refractivity contribution in [1.82, 2.24) is 4.90 Å².